The lowest BCUT2D eigenvalue weighted by atomic mass is 10.2. The normalized spacial score (nSPS) is 26.2. The van der Waals surface area contributed by atoms with Crippen LogP contribution >= 0.6 is 11.8 Å². The van der Waals surface area contributed by atoms with Gasteiger partial charge in [-0.05, 0) is 18.2 Å². The van der Waals surface area contributed by atoms with Gasteiger partial charge in [-0.15, -0.1) is 11.8 Å². The van der Waals surface area contributed by atoms with Gasteiger partial charge >= 0.3 is 0 Å². The second-order valence-electron chi connectivity index (χ2n) is 3.93. The second kappa shape index (κ2) is 4.47. The lowest BCUT2D eigenvalue weighted by molar-refractivity contribution is -0.135. The number of carbonyl (C=O) groups is 2. The molecule has 2 amide bonds. The third kappa shape index (κ3) is 2.00. The van der Waals surface area contributed by atoms with Gasteiger partial charge in [-0.25, -0.2) is 5.48 Å². The molecule has 2 aliphatic rings. The molecule has 6 heteroatoms. The van der Waals surface area contributed by atoms with Crippen LogP contribution in [0.3, 0.4) is 0 Å². The van der Waals surface area contributed by atoms with Crippen molar-refractivity contribution in [1.82, 2.24) is 5.48 Å². The summed E-state index contributed by atoms with van der Waals surface area (Å²) >= 11 is 1.43. The summed E-state index contributed by atoms with van der Waals surface area (Å²) in [6.07, 6.45) is 2.52. The molecule has 92 valence electrons. The van der Waals surface area contributed by atoms with E-state index in [0.29, 0.717) is 0 Å². The Bertz CT molecular complexity index is 544. The highest BCUT2D eigenvalue weighted by Gasteiger charge is 2.35. The van der Waals surface area contributed by atoms with E-state index in [-0.39, 0.29) is 11.8 Å². The van der Waals surface area contributed by atoms with Crippen LogP contribution in [0, 0.1) is 0 Å². The van der Waals surface area contributed by atoms with Gasteiger partial charge in [0.05, 0.1) is 5.69 Å². The highest BCUT2D eigenvalue weighted by atomic mass is 32.2. The third-order valence-electron chi connectivity index (χ3n) is 2.69. The van der Waals surface area contributed by atoms with Crippen molar-refractivity contribution in [3.63, 3.8) is 0 Å². The molecule has 2 atom stereocenters. The molecule has 0 bridgehead atoms. The zero-order valence-corrected chi connectivity index (χ0v) is 10.1. The molecular weight excluding hydrogens is 252 g/mol. The van der Waals surface area contributed by atoms with Crippen LogP contribution in [0.1, 0.15) is 0 Å². The zero-order chi connectivity index (χ0) is 12.5. The zero-order valence-electron chi connectivity index (χ0n) is 9.25. The van der Waals surface area contributed by atoms with Crippen LogP contribution < -0.4 is 10.8 Å². The predicted molar refractivity (Wildman–Crippen MR) is 66.9 cm³/mol. The molecule has 0 radical (unpaired) electrons. The van der Waals surface area contributed by atoms with Crippen LogP contribution in [0.15, 0.2) is 41.3 Å². The average molecular weight is 262 g/mol. The van der Waals surface area contributed by atoms with Crippen molar-refractivity contribution >= 4 is 29.3 Å². The number of hydrogen-bond donors (Lipinski definition) is 2. The molecule has 2 unspecified atom stereocenters. The Hall–Kier alpha value is -1.79. The summed E-state index contributed by atoms with van der Waals surface area (Å²) in [6.45, 7) is 0. The maximum Gasteiger partial charge on any atom is 0.267 e. The summed E-state index contributed by atoms with van der Waals surface area (Å²) in [6, 6.07) is 7.59. The number of rotatable bonds is 1. The molecule has 0 aromatic heterocycles. The van der Waals surface area contributed by atoms with Gasteiger partial charge in [0.25, 0.3) is 5.91 Å². The Labute approximate surface area is 108 Å². The minimum absolute atomic E-state index is 0.121. The number of hydroxylamine groups is 1. The second-order valence-corrected chi connectivity index (χ2v) is 5.12. The third-order valence-corrected chi connectivity index (χ3v) is 4.03. The van der Waals surface area contributed by atoms with E-state index in [2.05, 4.69) is 10.8 Å². The van der Waals surface area contributed by atoms with Crippen molar-refractivity contribution in [2.75, 3.05) is 5.32 Å². The molecule has 5 nitrogen and oxygen atoms in total. The molecule has 0 fully saturated rings. The van der Waals surface area contributed by atoms with Crippen molar-refractivity contribution in [2.45, 2.75) is 16.2 Å². The van der Waals surface area contributed by atoms with Crippen LogP contribution in [0.2, 0.25) is 0 Å². The summed E-state index contributed by atoms with van der Waals surface area (Å²) < 4.78 is 0. The fraction of sp³-hybridized carbons (Fsp3) is 0.167. The van der Waals surface area contributed by atoms with Crippen LogP contribution in [0.4, 0.5) is 5.69 Å². The van der Waals surface area contributed by atoms with Crippen molar-refractivity contribution in [3.8, 4) is 0 Å². The van der Waals surface area contributed by atoms with E-state index in [1.54, 1.807) is 6.08 Å². The number of thioether (sulfide) groups is 1. The van der Waals surface area contributed by atoms with E-state index >= 15 is 0 Å². The molecule has 2 aliphatic heterocycles. The number of benzene rings is 1. The molecule has 2 heterocycles. The van der Waals surface area contributed by atoms with Crippen LogP contribution in [0.25, 0.3) is 0 Å². The Kier molecular flexibility index (Phi) is 2.81. The largest absolute Gasteiger partial charge is 0.324 e. The van der Waals surface area contributed by atoms with Crippen molar-refractivity contribution in [2.24, 2.45) is 0 Å². The topological polar surface area (TPSA) is 67.4 Å². The SMILES string of the molecule is O=C1C=CC(C2Sc3ccccc3NC2=O)ON1. The highest BCUT2D eigenvalue weighted by molar-refractivity contribution is 8.01. The van der Waals surface area contributed by atoms with Gasteiger partial charge in [0.15, 0.2) is 0 Å². The first kappa shape index (κ1) is 11.3. The van der Waals surface area contributed by atoms with Crippen LogP contribution in [0.5, 0.6) is 0 Å². The first-order valence-corrected chi connectivity index (χ1v) is 6.32. The summed E-state index contributed by atoms with van der Waals surface area (Å²) in [7, 11) is 0. The fourth-order valence-corrected chi connectivity index (χ4v) is 2.95. The number of anilines is 1. The van der Waals surface area contributed by atoms with Gasteiger partial charge in [0.1, 0.15) is 11.4 Å². The maximum absolute atomic E-state index is 12.0. The van der Waals surface area contributed by atoms with E-state index in [1.807, 2.05) is 24.3 Å². The van der Waals surface area contributed by atoms with E-state index in [1.165, 1.54) is 17.8 Å². The molecular formula is C12H10N2O3S. The Morgan fingerprint density at radius 2 is 2.06 bits per heavy atom. The number of para-hydroxylation sites is 1. The lowest BCUT2D eigenvalue weighted by Crippen LogP contribution is -2.44. The van der Waals surface area contributed by atoms with Gasteiger partial charge in [-0.3, -0.25) is 14.4 Å². The first-order valence-electron chi connectivity index (χ1n) is 5.44. The van der Waals surface area contributed by atoms with Crippen molar-refractivity contribution < 1.29 is 14.4 Å². The highest BCUT2D eigenvalue weighted by Crippen LogP contribution is 2.37. The molecule has 0 spiro atoms. The lowest BCUT2D eigenvalue weighted by Gasteiger charge is -2.29. The van der Waals surface area contributed by atoms with E-state index in [4.69, 9.17) is 4.84 Å². The number of hydrogen-bond acceptors (Lipinski definition) is 4. The fourth-order valence-electron chi connectivity index (χ4n) is 1.83. The summed E-state index contributed by atoms with van der Waals surface area (Å²) in [5.41, 5.74) is 3.07. The summed E-state index contributed by atoms with van der Waals surface area (Å²) in [5.74, 6) is -0.433. The summed E-state index contributed by atoms with van der Waals surface area (Å²) in [4.78, 5) is 29.1. The Morgan fingerprint density at radius 3 is 2.83 bits per heavy atom. The first-order chi connectivity index (χ1) is 8.74. The van der Waals surface area contributed by atoms with Crippen molar-refractivity contribution in [1.29, 1.82) is 0 Å². The molecule has 2 N–H and O–H groups in total. The Balaban J connectivity index is 1.85. The monoisotopic (exact) mass is 262 g/mol. The number of nitrogens with one attached hydrogen (secondary N) is 2. The van der Waals surface area contributed by atoms with Gasteiger partial charge in [-0.1, -0.05) is 12.1 Å². The van der Waals surface area contributed by atoms with E-state index in [9.17, 15) is 9.59 Å². The standard InChI is InChI=1S/C12H10N2O3S/c15-10-6-5-8(17-14-10)11-12(16)13-7-3-1-2-4-9(7)18-11/h1-6,8,11H,(H,13,16)(H,14,15). The quantitative estimate of drug-likeness (QED) is 0.795. The van der Waals surface area contributed by atoms with Gasteiger partial charge in [0.2, 0.25) is 5.91 Å². The van der Waals surface area contributed by atoms with Gasteiger partial charge in [0, 0.05) is 11.0 Å². The van der Waals surface area contributed by atoms with Gasteiger partial charge < -0.3 is 5.32 Å². The van der Waals surface area contributed by atoms with Crippen LogP contribution in [-0.4, -0.2) is 23.2 Å². The number of carbonyl (C=O) groups excluding carboxylic acids is 2. The minimum Gasteiger partial charge on any atom is -0.324 e. The molecule has 0 saturated carbocycles. The minimum atomic E-state index is -0.457. The van der Waals surface area contributed by atoms with Gasteiger partial charge in [-0.2, -0.15) is 0 Å². The van der Waals surface area contributed by atoms with E-state index in [0.717, 1.165) is 10.6 Å². The maximum atomic E-state index is 12.0. The molecule has 18 heavy (non-hydrogen) atoms. The summed E-state index contributed by atoms with van der Waals surface area (Å²) in [5, 5.41) is 2.43. The molecule has 0 aliphatic carbocycles. The Morgan fingerprint density at radius 1 is 1.22 bits per heavy atom. The predicted octanol–water partition coefficient (Wildman–Crippen LogP) is 1.09. The van der Waals surface area contributed by atoms with Crippen LogP contribution in [-0.2, 0) is 14.4 Å². The number of fused-ring (bicyclic) bond motifs is 1. The molecule has 1 aromatic carbocycles. The smallest absolute Gasteiger partial charge is 0.267 e. The molecule has 1 aromatic rings. The average Bonchev–Trinajstić information content (AvgIpc) is 2.39. The number of amides is 2. The molecule has 0 saturated heterocycles. The van der Waals surface area contributed by atoms with E-state index < -0.39 is 11.4 Å². The van der Waals surface area contributed by atoms with Crippen molar-refractivity contribution in [3.05, 3.63) is 36.4 Å². The molecule has 3 rings (SSSR count).